The average Bonchev–Trinajstić information content (AvgIpc) is 2.15. The first-order chi connectivity index (χ1) is 6.96. The number of hydrogen-bond acceptors (Lipinski definition) is 3. The molecule has 0 atom stereocenters. The third kappa shape index (κ3) is 3.41. The van der Waals surface area contributed by atoms with Crippen molar-refractivity contribution in [2.75, 3.05) is 0 Å². The molecule has 0 spiro atoms. The van der Waals surface area contributed by atoms with E-state index in [0.717, 1.165) is 0 Å². The molecule has 0 unspecified atom stereocenters. The van der Waals surface area contributed by atoms with Gasteiger partial charge in [0.25, 0.3) is 0 Å². The van der Waals surface area contributed by atoms with Crippen molar-refractivity contribution in [2.24, 2.45) is 11.5 Å². The van der Waals surface area contributed by atoms with Crippen LogP contribution in [0.3, 0.4) is 0 Å². The first-order valence-corrected chi connectivity index (χ1v) is 4.24. The molecule has 84 valence electrons. The lowest BCUT2D eigenvalue weighted by Crippen LogP contribution is -2.19. The van der Waals surface area contributed by atoms with E-state index in [9.17, 15) is 13.2 Å². The molecule has 6 heteroatoms. The van der Waals surface area contributed by atoms with Gasteiger partial charge >= 0.3 is 6.36 Å². The second kappa shape index (κ2) is 4.50. The molecule has 1 rings (SSSR count). The highest BCUT2D eigenvalue weighted by Crippen LogP contribution is 2.27. The zero-order valence-corrected chi connectivity index (χ0v) is 7.84. The Morgan fingerprint density at radius 3 is 2.27 bits per heavy atom. The van der Waals surface area contributed by atoms with Gasteiger partial charge in [0.05, 0.1) is 0 Å². The fraction of sp³-hybridized carbons (Fsp3) is 0.333. The molecule has 4 N–H and O–H groups in total. The molecule has 0 saturated carbocycles. The molecule has 3 nitrogen and oxygen atoms in total. The summed E-state index contributed by atoms with van der Waals surface area (Å²) in [4.78, 5) is 0. The Hall–Kier alpha value is -1.27. The molecule has 0 heterocycles. The fourth-order valence-corrected chi connectivity index (χ4v) is 1.11. The Morgan fingerprint density at radius 1 is 1.13 bits per heavy atom. The second-order valence-electron chi connectivity index (χ2n) is 2.90. The van der Waals surface area contributed by atoms with Gasteiger partial charge in [-0.2, -0.15) is 0 Å². The molecule has 1 aromatic carbocycles. The third-order valence-corrected chi connectivity index (χ3v) is 1.81. The van der Waals surface area contributed by atoms with Crippen LogP contribution in [0.5, 0.6) is 5.75 Å². The van der Waals surface area contributed by atoms with Gasteiger partial charge in [0.1, 0.15) is 5.75 Å². The maximum absolute atomic E-state index is 12.0. The highest BCUT2D eigenvalue weighted by molar-refractivity contribution is 5.37. The summed E-state index contributed by atoms with van der Waals surface area (Å²) in [5, 5.41) is 0. The number of nitrogens with two attached hydrogens (primary N) is 2. The van der Waals surface area contributed by atoms with E-state index in [4.69, 9.17) is 11.5 Å². The summed E-state index contributed by atoms with van der Waals surface area (Å²) in [6.45, 7) is 0.134. The van der Waals surface area contributed by atoms with Gasteiger partial charge in [0.2, 0.25) is 0 Å². The normalized spacial score (nSPS) is 11.5. The van der Waals surface area contributed by atoms with Gasteiger partial charge in [-0.3, -0.25) is 0 Å². The molecule has 0 aliphatic rings. The zero-order valence-electron chi connectivity index (χ0n) is 7.84. The quantitative estimate of drug-likeness (QED) is 0.811. The van der Waals surface area contributed by atoms with Gasteiger partial charge in [0.15, 0.2) is 0 Å². The average molecular weight is 220 g/mol. The van der Waals surface area contributed by atoms with Crippen LogP contribution >= 0.6 is 0 Å². The first kappa shape index (κ1) is 11.8. The minimum Gasteiger partial charge on any atom is -0.405 e. The Balaban J connectivity index is 3.01. The predicted molar refractivity (Wildman–Crippen MR) is 48.9 cm³/mol. The van der Waals surface area contributed by atoms with E-state index in [1.807, 2.05) is 0 Å². The molecule has 15 heavy (non-hydrogen) atoms. The highest BCUT2D eigenvalue weighted by atomic mass is 19.4. The third-order valence-electron chi connectivity index (χ3n) is 1.81. The number of hydrogen-bond donors (Lipinski definition) is 2. The van der Waals surface area contributed by atoms with Crippen LogP contribution in [0.25, 0.3) is 0 Å². The van der Waals surface area contributed by atoms with Crippen LogP contribution < -0.4 is 16.2 Å². The molecule has 0 aliphatic carbocycles. The van der Waals surface area contributed by atoms with Crippen molar-refractivity contribution in [3.05, 3.63) is 29.3 Å². The number of rotatable bonds is 3. The summed E-state index contributed by atoms with van der Waals surface area (Å²) in [6.07, 6.45) is -4.71. The summed E-state index contributed by atoms with van der Waals surface area (Å²) in [5.41, 5.74) is 11.4. The minimum absolute atomic E-state index is 0.0176. The largest absolute Gasteiger partial charge is 0.573 e. The molecule has 0 aliphatic heterocycles. The topological polar surface area (TPSA) is 61.3 Å². The van der Waals surface area contributed by atoms with E-state index < -0.39 is 6.36 Å². The molecule has 0 saturated heterocycles. The molecule has 0 radical (unpaired) electrons. The SMILES string of the molecule is NCc1ccc(CN)c(OC(F)(F)F)c1. The van der Waals surface area contributed by atoms with Crippen molar-refractivity contribution in [1.29, 1.82) is 0 Å². The van der Waals surface area contributed by atoms with Crippen LogP contribution in [0.4, 0.5) is 13.2 Å². The highest BCUT2D eigenvalue weighted by Gasteiger charge is 2.32. The van der Waals surface area contributed by atoms with Crippen LogP contribution in [0.15, 0.2) is 18.2 Å². The monoisotopic (exact) mass is 220 g/mol. The van der Waals surface area contributed by atoms with Gasteiger partial charge < -0.3 is 16.2 Å². The lowest BCUT2D eigenvalue weighted by atomic mass is 10.1. The van der Waals surface area contributed by atoms with Crippen LogP contribution in [-0.4, -0.2) is 6.36 Å². The van der Waals surface area contributed by atoms with Crippen molar-refractivity contribution in [3.8, 4) is 5.75 Å². The smallest absolute Gasteiger partial charge is 0.405 e. The maximum Gasteiger partial charge on any atom is 0.573 e. The Morgan fingerprint density at radius 2 is 1.80 bits per heavy atom. The van der Waals surface area contributed by atoms with Gasteiger partial charge in [-0.25, -0.2) is 0 Å². The number of benzene rings is 1. The summed E-state index contributed by atoms with van der Waals surface area (Å²) >= 11 is 0. The number of halogens is 3. The summed E-state index contributed by atoms with van der Waals surface area (Å²) in [6, 6.07) is 4.34. The number of ether oxygens (including phenoxy) is 1. The van der Waals surface area contributed by atoms with E-state index >= 15 is 0 Å². The van der Waals surface area contributed by atoms with Crippen LogP contribution in [0.2, 0.25) is 0 Å². The van der Waals surface area contributed by atoms with E-state index in [1.165, 1.54) is 12.1 Å². The molecule has 1 aromatic rings. The molecular formula is C9H11F3N2O. The Bertz CT molecular complexity index is 339. The van der Waals surface area contributed by atoms with Crippen LogP contribution in [0, 0.1) is 0 Å². The zero-order chi connectivity index (χ0) is 11.5. The van der Waals surface area contributed by atoms with E-state index in [-0.39, 0.29) is 18.8 Å². The number of alkyl halides is 3. The van der Waals surface area contributed by atoms with Crippen molar-refractivity contribution in [3.63, 3.8) is 0 Å². The second-order valence-corrected chi connectivity index (χ2v) is 2.90. The Kier molecular flexibility index (Phi) is 3.54. The van der Waals surface area contributed by atoms with E-state index in [0.29, 0.717) is 11.1 Å². The summed E-state index contributed by atoms with van der Waals surface area (Å²) < 4.78 is 39.8. The molecule has 0 fully saturated rings. The fourth-order valence-electron chi connectivity index (χ4n) is 1.11. The summed E-state index contributed by atoms with van der Waals surface area (Å²) in [5.74, 6) is -0.284. The van der Waals surface area contributed by atoms with Crippen LogP contribution in [-0.2, 0) is 13.1 Å². The maximum atomic E-state index is 12.0. The van der Waals surface area contributed by atoms with Gasteiger partial charge in [-0.05, 0) is 11.6 Å². The van der Waals surface area contributed by atoms with Gasteiger partial charge in [-0.1, -0.05) is 12.1 Å². The van der Waals surface area contributed by atoms with Crippen LogP contribution in [0.1, 0.15) is 11.1 Å². The van der Waals surface area contributed by atoms with E-state index in [2.05, 4.69) is 4.74 Å². The minimum atomic E-state index is -4.71. The predicted octanol–water partition coefficient (Wildman–Crippen LogP) is 1.50. The molecular weight excluding hydrogens is 209 g/mol. The van der Waals surface area contributed by atoms with E-state index in [1.54, 1.807) is 6.07 Å². The van der Waals surface area contributed by atoms with Crippen molar-refractivity contribution in [1.82, 2.24) is 0 Å². The molecule has 0 bridgehead atoms. The lowest BCUT2D eigenvalue weighted by molar-refractivity contribution is -0.274. The summed E-state index contributed by atoms with van der Waals surface area (Å²) in [7, 11) is 0. The van der Waals surface area contributed by atoms with Crippen molar-refractivity contribution < 1.29 is 17.9 Å². The molecule has 0 aromatic heterocycles. The van der Waals surface area contributed by atoms with Crippen molar-refractivity contribution >= 4 is 0 Å². The van der Waals surface area contributed by atoms with Gasteiger partial charge in [-0.15, -0.1) is 13.2 Å². The van der Waals surface area contributed by atoms with Crippen molar-refractivity contribution in [2.45, 2.75) is 19.5 Å². The Labute approximate surface area is 84.8 Å². The molecule has 0 amide bonds. The lowest BCUT2D eigenvalue weighted by Gasteiger charge is -2.13. The van der Waals surface area contributed by atoms with Gasteiger partial charge in [0, 0.05) is 18.7 Å². The first-order valence-electron chi connectivity index (χ1n) is 4.24. The standard InChI is InChI=1S/C9H11F3N2O/c10-9(11,12)15-8-3-6(4-13)1-2-7(8)5-14/h1-3H,4-5,13-14H2.